The van der Waals surface area contributed by atoms with E-state index in [1.54, 1.807) is 12.1 Å². The summed E-state index contributed by atoms with van der Waals surface area (Å²) in [4.78, 5) is 12.1. The number of hydrogen-bond donors (Lipinski definition) is 2. The van der Waals surface area contributed by atoms with Gasteiger partial charge in [-0.2, -0.15) is 0 Å². The maximum absolute atomic E-state index is 13.1. The van der Waals surface area contributed by atoms with Crippen molar-refractivity contribution in [3.05, 3.63) is 58.3 Å². The summed E-state index contributed by atoms with van der Waals surface area (Å²) in [6, 6.07) is 11.6. The van der Waals surface area contributed by atoms with Crippen LogP contribution in [0.3, 0.4) is 0 Å². The highest BCUT2D eigenvalue weighted by atomic mass is 79.9. The van der Waals surface area contributed by atoms with Crippen LogP contribution in [0.5, 0.6) is 0 Å². The Morgan fingerprint density at radius 3 is 2.43 bits per heavy atom. The lowest BCUT2D eigenvalue weighted by Gasteiger charge is -2.08. The van der Waals surface area contributed by atoms with Crippen LogP contribution in [0.1, 0.15) is 23.7 Å². The molecule has 0 spiro atoms. The third kappa shape index (κ3) is 4.29. The number of carbonyl (C=O) groups is 1. The summed E-state index contributed by atoms with van der Waals surface area (Å²) < 4.78 is 13.5. The molecule has 0 aliphatic rings. The minimum atomic E-state index is -0.362. The zero-order valence-electron chi connectivity index (χ0n) is 11.6. The van der Waals surface area contributed by atoms with Crippen LogP contribution < -0.4 is 10.6 Å². The quantitative estimate of drug-likeness (QED) is 0.823. The molecule has 0 aliphatic carbocycles. The van der Waals surface area contributed by atoms with Gasteiger partial charge in [0, 0.05) is 23.5 Å². The molecule has 0 aromatic heterocycles. The molecule has 0 atom stereocenters. The van der Waals surface area contributed by atoms with Gasteiger partial charge in [-0.15, -0.1) is 0 Å². The molecule has 21 heavy (non-hydrogen) atoms. The molecule has 2 aromatic carbocycles. The normalized spacial score (nSPS) is 10.2. The van der Waals surface area contributed by atoms with E-state index in [-0.39, 0.29) is 11.7 Å². The van der Waals surface area contributed by atoms with E-state index in [1.165, 1.54) is 18.2 Å². The fourth-order valence-corrected chi connectivity index (χ4v) is 2.16. The molecule has 0 saturated carbocycles. The zero-order valence-corrected chi connectivity index (χ0v) is 13.2. The average Bonchev–Trinajstić information content (AvgIpc) is 2.49. The van der Waals surface area contributed by atoms with Crippen molar-refractivity contribution in [3.63, 3.8) is 0 Å². The van der Waals surface area contributed by atoms with E-state index in [1.807, 2.05) is 12.1 Å². The summed E-state index contributed by atoms with van der Waals surface area (Å²) in [5.41, 5.74) is 2.08. The summed E-state index contributed by atoms with van der Waals surface area (Å²) in [6.45, 7) is 2.99. The lowest BCUT2D eigenvalue weighted by atomic mass is 10.2. The molecule has 0 fully saturated rings. The molecular formula is C16H16BrFN2O. The van der Waals surface area contributed by atoms with Gasteiger partial charge in [0.05, 0.1) is 4.47 Å². The van der Waals surface area contributed by atoms with E-state index >= 15 is 0 Å². The van der Waals surface area contributed by atoms with Crippen LogP contribution in [0.4, 0.5) is 15.8 Å². The Balaban J connectivity index is 2.04. The van der Waals surface area contributed by atoms with E-state index in [2.05, 4.69) is 33.5 Å². The van der Waals surface area contributed by atoms with Gasteiger partial charge in [-0.1, -0.05) is 6.92 Å². The third-order valence-corrected chi connectivity index (χ3v) is 3.51. The van der Waals surface area contributed by atoms with Crippen LogP contribution >= 0.6 is 15.9 Å². The summed E-state index contributed by atoms with van der Waals surface area (Å²) in [6.07, 6.45) is 1.04. The molecule has 5 heteroatoms. The fraction of sp³-hybridized carbons (Fsp3) is 0.188. The molecule has 3 nitrogen and oxygen atoms in total. The van der Waals surface area contributed by atoms with Gasteiger partial charge >= 0.3 is 0 Å². The van der Waals surface area contributed by atoms with Crippen LogP contribution in [0.15, 0.2) is 46.9 Å². The first-order valence-corrected chi connectivity index (χ1v) is 7.50. The molecule has 1 amide bonds. The smallest absolute Gasteiger partial charge is 0.255 e. The van der Waals surface area contributed by atoms with Gasteiger partial charge in [-0.3, -0.25) is 4.79 Å². The Labute approximate surface area is 131 Å². The number of halogens is 2. The third-order valence-electron chi connectivity index (χ3n) is 2.90. The van der Waals surface area contributed by atoms with Crippen LogP contribution in [-0.2, 0) is 0 Å². The summed E-state index contributed by atoms with van der Waals surface area (Å²) in [7, 11) is 0. The number of nitrogens with one attached hydrogen (secondary N) is 2. The predicted octanol–water partition coefficient (Wildman–Crippen LogP) is 4.66. The maximum Gasteiger partial charge on any atom is 0.255 e. The van der Waals surface area contributed by atoms with Gasteiger partial charge in [0.1, 0.15) is 5.82 Å². The maximum atomic E-state index is 13.1. The van der Waals surface area contributed by atoms with Crippen molar-refractivity contribution < 1.29 is 9.18 Å². The number of anilines is 2. The van der Waals surface area contributed by atoms with Gasteiger partial charge in [0.2, 0.25) is 0 Å². The minimum absolute atomic E-state index is 0.226. The Bertz CT molecular complexity index is 629. The van der Waals surface area contributed by atoms with Crippen molar-refractivity contribution in [3.8, 4) is 0 Å². The number of rotatable bonds is 5. The van der Waals surface area contributed by atoms with Crippen molar-refractivity contribution in [1.29, 1.82) is 0 Å². The molecule has 0 aliphatic heterocycles. The highest BCUT2D eigenvalue weighted by Gasteiger charge is 2.07. The van der Waals surface area contributed by atoms with E-state index in [0.717, 1.165) is 18.7 Å². The first kappa shape index (κ1) is 15.5. The number of amides is 1. The van der Waals surface area contributed by atoms with Crippen molar-refractivity contribution in [2.45, 2.75) is 13.3 Å². The first-order valence-electron chi connectivity index (χ1n) is 6.70. The Hall–Kier alpha value is -1.88. The zero-order chi connectivity index (χ0) is 15.2. The fourth-order valence-electron chi connectivity index (χ4n) is 1.79. The van der Waals surface area contributed by atoms with E-state index < -0.39 is 0 Å². The topological polar surface area (TPSA) is 41.1 Å². The SMILES string of the molecule is CCCNc1ccc(C(=O)Nc2ccc(F)c(Br)c2)cc1. The van der Waals surface area contributed by atoms with Crippen LogP contribution in [-0.4, -0.2) is 12.5 Å². The molecule has 0 radical (unpaired) electrons. The molecule has 0 heterocycles. The predicted molar refractivity (Wildman–Crippen MR) is 87.3 cm³/mol. The Morgan fingerprint density at radius 2 is 1.81 bits per heavy atom. The van der Waals surface area contributed by atoms with Crippen molar-refractivity contribution in [2.75, 3.05) is 17.2 Å². The van der Waals surface area contributed by atoms with Crippen molar-refractivity contribution in [1.82, 2.24) is 0 Å². The van der Waals surface area contributed by atoms with Gasteiger partial charge in [0.15, 0.2) is 0 Å². The van der Waals surface area contributed by atoms with Crippen molar-refractivity contribution in [2.24, 2.45) is 0 Å². The summed E-state index contributed by atoms with van der Waals surface area (Å²) in [5, 5.41) is 5.98. The number of hydrogen-bond acceptors (Lipinski definition) is 2. The molecule has 0 unspecified atom stereocenters. The second-order valence-electron chi connectivity index (χ2n) is 4.59. The second-order valence-corrected chi connectivity index (χ2v) is 5.44. The van der Waals surface area contributed by atoms with Gasteiger partial charge in [-0.05, 0) is 64.8 Å². The van der Waals surface area contributed by atoms with E-state index in [9.17, 15) is 9.18 Å². The van der Waals surface area contributed by atoms with Gasteiger partial charge in [-0.25, -0.2) is 4.39 Å². The molecule has 110 valence electrons. The summed E-state index contributed by atoms with van der Waals surface area (Å²) >= 11 is 3.09. The standard InChI is InChI=1S/C16H16BrFN2O/c1-2-9-19-12-5-3-11(4-6-12)16(21)20-13-7-8-15(18)14(17)10-13/h3-8,10,19H,2,9H2,1H3,(H,20,21). The van der Waals surface area contributed by atoms with E-state index in [4.69, 9.17) is 0 Å². The number of carbonyl (C=O) groups excluding carboxylic acids is 1. The van der Waals surface area contributed by atoms with Crippen LogP contribution in [0, 0.1) is 5.82 Å². The molecule has 2 aromatic rings. The molecular weight excluding hydrogens is 335 g/mol. The van der Waals surface area contributed by atoms with Gasteiger partial charge in [0.25, 0.3) is 5.91 Å². The lowest BCUT2D eigenvalue weighted by Crippen LogP contribution is -2.12. The Morgan fingerprint density at radius 1 is 1.14 bits per heavy atom. The molecule has 2 rings (SSSR count). The highest BCUT2D eigenvalue weighted by Crippen LogP contribution is 2.20. The lowest BCUT2D eigenvalue weighted by molar-refractivity contribution is 0.102. The minimum Gasteiger partial charge on any atom is -0.385 e. The average molecular weight is 351 g/mol. The number of benzene rings is 2. The van der Waals surface area contributed by atoms with Gasteiger partial charge < -0.3 is 10.6 Å². The van der Waals surface area contributed by atoms with Crippen molar-refractivity contribution >= 4 is 33.2 Å². The molecule has 0 saturated heterocycles. The van der Waals surface area contributed by atoms with E-state index in [0.29, 0.717) is 15.7 Å². The second kappa shape index (κ2) is 7.22. The molecule has 2 N–H and O–H groups in total. The van der Waals surface area contributed by atoms with Crippen LogP contribution in [0.25, 0.3) is 0 Å². The molecule has 0 bridgehead atoms. The Kier molecular flexibility index (Phi) is 5.33. The monoisotopic (exact) mass is 350 g/mol. The highest BCUT2D eigenvalue weighted by molar-refractivity contribution is 9.10. The van der Waals surface area contributed by atoms with Crippen LogP contribution in [0.2, 0.25) is 0 Å². The largest absolute Gasteiger partial charge is 0.385 e. The first-order chi connectivity index (χ1) is 10.1. The summed E-state index contributed by atoms with van der Waals surface area (Å²) in [5.74, 6) is -0.588.